The molecule has 1 aromatic rings. The first-order valence-corrected chi connectivity index (χ1v) is 8.51. The number of halogens is 2. The van der Waals surface area contributed by atoms with E-state index < -0.39 is 28.5 Å². The number of sulfonamides is 1. The van der Waals surface area contributed by atoms with Crippen molar-refractivity contribution in [3.8, 4) is 0 Å². The Kier molecular flexibility index (Phi) is 5.12. The van der Waals surface area contributed by atoms with Gasteiger partial charge in [-0.2, -0.15) is 4.31 Å². The standard InChI is InChI=1S/C14H17F2NO4S/c15-13(16)11-6-4-10(5-7-11)9-22(20,21)17-8-2-1-3-12(17)14(18)19/h4-7,12-13H,1-3,8-9H2,(H,18,19). The molecule has 1 aliphatic heterocycles. The van der Waals surface area contributed by atoms with Gasteiger partial charge >= 0.3 is 5.97 Å². The summed E-state index contributed by atoms with van der Waals surface area (Å²) in [7, 11) is -3.80. The SMILES string of the molecule is O=C(O)C1CCCCN1S(=O)(=O)Cc1ccc(C(F)F)cc1. The van der Waals surface area contributed by atoms with Crippen LogP contribution in [0, 0.1) is 0 Å². The van der Waals surface area contributed by atoms with Crippen LogP contribution in [0.1, 0.15) is 36.8 Å². The van der Waals surface area contributed by atoms with Gasteiger partial charge in [-0.05, 0) is 24.8 Å². The molecule has 2 rings (SSSR count). The first kappa shape index (κ1) is 16.8. The van der Waals surface area contributed by atoms with E-state index >= 15 is 0 Å². The molecule has 5 nitrogen and oxygen atoms in total. The molecule has 0 bridgehead atoms. The lowest BCUT2D eigenvalue weighted by Crippen LogP contribution is -2.48. The Hall–Kier alpha value is -1.54. The van der Waals surface area contributed by atoms with Crippen LogP contribution in [-0.4, -0.2) is 36.4 Å². The molecule has 22 heavy (non-hydrogen) atoms. The molecule has 1 aliphatic rings. The molecular weight excluding hydrogens is 316 g/mol. The lowest BCUT2D eigenvalue weighted by atomic mass is 10.1. The molecule has 0 amide bonds. The predicted molar refractivity (Wildman–Crippen MR) is 76.0 cm³/mol. The molecule has 1 atom stereocenters. The lowest BCUT2D eigenvalue weighted by molar-refractivity contribution is -0.142. The van der Waals surface area contributed by atoms with Crippen molar-refractivity contribution in [2.75, 3.05) is 6.54 Å². The summed E-state index contributed by atoms with van der Waals surface area (Å²) in [6.45, 7) is 0.175. The van der Waals surface area contributed by atoms with E-state index in [1.54, 1.807) is 0 Å². The minimum atomic E-state index is -3.80. The van der Waals surface area contributed by atoms with Crippen LogP contribution in [0.5, 0.6) is 0 Å². The molecule has 0 aliphatic carbocycles. The zero-order valence-electron chi connectivity index (χ0n) is 11.8. The van der Waals surface area contributed by atoms with E-state index in [1.807, 2.05) is 0 Å². The highest BCUT2D eigenvalue weighted by atomic mass is 32.2. The predicted octanol–water partition coefficient (Wildman–Crippen LogP) is 2.39. The molecule has 0 saturated carbocycles. The maximum atomic E-state index is 12.5. The summed E-state index contributed by atoms with van der Waals surface area (Å²) in [6, 6.07) is 3.98. The van der Waals surface area contributed by atoms with Crippen LogP contribution in [-0.2, 0) is 20.6 Å². The minimum Gasteiger partial charge on any atom is -0.480 e. The van der Waals surface area contributed by atoms with Crippen molar-refractivity contribution in [1.82, 2.24) is 4.31 Å². The molecule has 8 heteroatoms. The highest BCUT2D eigenvalue weighted by molar-refractivity contribution is 7.88. The number of piperidine rings is 1. The molecular formula is C14H17F2NO4S. The van der Waals surface area contributed by atoms with Crippen LogP contribution in [0.3, 0.4) is 0 Å². The van der Waals surface area contributed by atoms with Crippen LogP contribution < -0.4 is 0 Å². The summed E-state index contributed by atoms with van der Waals surface area (Å²) in [4.78, 5) is 11.2. The smallest absolute Gasteiger partial charge is 0.322 e. The fourth-order valence-electron chi connectivity index (χ4n) is 2.54. The van der Waals surface area contributed by atoms with Crippen molar-refractivity contribution < 1.29 is 27.1 Å². The Morgan fingerprint density at radius 2 is 1.91 bits per heavy atom. The van der Waals surface area contributed by atoms with Crippen molar-refractivity contribution >= 4 is 16.0 Å². The monoisotopic (exact) mass is 333 g/mol. The topological polar surface area (TPSA) is 74.7 Å². The van der Waals surface area contributed by atoms with Gasteiger partial charge in [-0.3, -0.25) is 4.79 Å². The van der Waals surface area contributed by atoms with Crippen LogP contribution in [0.15, 0.2) is 24.3 Å². The van der Waals surface area contributed by atoms with Crippen LogP contribution >= 0.6 is 0 Å². The second-order valence-electron chi connectivity index (χ2n) is 5.26. The number of benzene rings is 1. The average Bonchev–Trinajstić information content (AvgIpc) is 2.47. The maximum Gasteiger partial charge on any atom is 0.322 e. The number of rotatable bonds is 5. The third-order valence-corrected chi connectivity index (χ3v) is 5.53. The number of carboxylic acid groups (broad SMARTS) is 1. The van der Waals surface area contributed by atoms with E-state index in [0.29, 0.717) is 24.8 Å². The second-order valence-corrected chi connectivity index (χ2v) is 7.18. The Labute approximate surface area is 127 Å². The quantitative estimate of drug-likeness (QED) is 0.898. The Bertz CT molecular complexity index is 631. The maximum absolute atomic E-state index is 12.5. The van der Waals surface area contributed by atoms with Crippen molar-refractivity contribution in [2.24, 2.45) is 0 Å². The average molecular weight is 333 g/mol. The number of hydrogen-bond acceptors (Lipinski definition) is 3. The van der Waals surface area contributed by atoms with E-state index in [0.717, 1.165) is 4.31 Å². The van der Waals surface area contributed by atoms with Crippen LogP contribution in [0.4, 0.5) is 8.78 Å². The molecule has 1 aromatic carbocycles. The van der Waals surface area contributed by atoms with Gasteiger partial charge in [0.25, 0.3) is 6.43 Å². The zero-order valence-corrected chi connectivity index (χ0v) is 12.6. The molecule has 1 N–H and O–H groups in total. The zero-order chi connectivity index (χ0) is 16.3. The summed E-state index contributed by atoms with van der Waals surface area (Å²) in [6.07, 6.45) is -1.03. The van der Waals surface area contributed by atoms with Gasteiger partial charge in [-0.25, -0.2) is 17.2 Å². The molecule has 122 valence electrons. The second kappa shape index (κ2) is 6.70. The molecule has 1 heterocycles. The number of carbonyl (C=O) groups is 1. The molecule has 1 unspecified atom stereocenters. The largest absolute Gasteiger partial charge is 0.480 e. The Morgan fingerprint density at radius 1 is 1.27 bits per heavy atom. The van der Waals surface area contributed by atoms with Gasteiger partial charge < -0.3 is 5.11 Å². The van der Waals surface area contributed by atoms with Crippen LogP contribution in [0.25, 0.3) is 0 Å². The first-order valence-electron chi connectivity index (χ1n) is 6.90. The van der Waals surface area contributed by atoms with Crippen molar-refractivity contribution in [1.29, 1.82) is 0 Å². The summed E-state index contributed by atoms with van der Waals surface area (Å²) < 4.78 is 50.8. The van der Waals surface area contributed by atoms with Gasteiger partial charge in [0.15, 0.2) is 0 Å². The van der Waals surface area contributed by atoms with E-state index in [1.165, 1.54) is 24.3 Å². The number of nitrogens with zero attached hydrogens (tertiary/aromatic N) is 1. The van der Waals surface area contributed by atoms with Gasteiger partial charge in [0.1, 0.15) is 6.04 Å². The van der Waals surface area contributed by atoms with Gasteiger partial charge in [0.05, 0.1) is 5.75 Å². The van der Waals surface area contributed by atoms with E-state index in [2.05, 4.69) is 0 Å². The van der Waals surface area contributed by atoms with Crippen molar-refractivity contribution in [2.45, 2.75) is 37.5 Å². The van der Waals surface area contributed by atoms with E-state index in [9.17, 15) is 22.0 Å². The first-order chi connectivity index (χ1) is 10.3. The Balaban J connectivity index is 2.17. The summed E-state index contributed by atoms with van der Waals surface area (Å²) in [5, 5.41) is 9.15. The van der Waals surface area contributed by atoms with Crippen LogP contribution in [0.2, 0.25) is 0 Å². The fraction of sp³-hybridized carbons (Fsp3) is 0.500. The number of carboxylic acids is 1. The highest BCUT2D eigenvalue weighted by Crippen LogP contribution is 2.24. The molecule has 0 aromatic heterocycles. The molecule has 0 radical (unpaired) electrons. The summed E-state index contributed by atoms with van der Waals surface area (Å²) in [5.74, 6) is -1.54. The third-order valence-electron chi connectivity index (χ3n) is 3.68. The van der Waals surface area contributed by atoms with Crippen molar-refractivity contribution in [3.63, 3.8) is 0 Å². The van der Waals surface area contributed by atoms with Crippen molar-refractivity contribution in [3.05, 3.63) is 35.4 Å². The Morgan fingerprint density at radius 3 is 2.45 bits per heavy atom. The minimum absolute atomic E-state index is 0.175. The lowest BCUT2D eigenvalue weighted by Gasteiger charge is -2.31. The summed E-state index contributed by atoms with van der Waals surface area (Å²) >= 11 is 0. The third kappa shape index (κ3) is 3.80. The van der Waals surface area contributed by atoms with Gasteiger partial charge in [-0.15, -0.1) is 0 Å². The number of aliphatic carboxylic acids is 1. The molecule has 1 fully saturated rings. The molecule has 0 spiro atoms. The number of alkyl halides is 2. The van der Waals surface area contributed by atoms with E-state index in [4.69, 9.17) is 5.11 Å². The number of hydrogen-bond donors (Lipinski definition) is 1. The fourth-order valence-corrected chi connectivity index (χ4v) is 4.31. The molecule has 1 saturated heterocycles. The highest BCUT2D eigenvalue weighted by Gasteiger charge is 2.36. The summed E-state index contributed by atoms with van der Waals surface area (Å²) in [5.41, 5.74) is 0.182. The van der Waals surface area contributed by atoms with Gasteiger partial charge in [-0.1, -0.05) is 24.3 Å². The van der Waals surface area contributed by atoms with Gasteiger partial charge in [0.2, 0.25) is 10.0 Å². The normalized spacial score (nSPS) is 20.2. The van der Waals surface area contributed by atoms with Gasteiger partial charge in [0, 0.05) is 12.1 Å². The van der Waals surface area contributed by atoms with E-state index in [-0.39, 0.29) is 17.9 Å².